The Hall–Kier alpha value is -2.29. The van der Waals surface area contributed by atoms with Crippen LogP contribution in [0.1, 0.15) is 24.8 Å². The molecular weight excluding hydrogens is 322 g/mol. The summed E-state index contributed by atoms with van der Waals surface area (Å²) in [7, 11) is 1.90. The Morgan fingerprint density at radius 2 is 2.20 bits per heavy atom. The zero-order chi connectivity index (χ0) is 17.2. The number of nitrogens with two attached hydrogens (primary N) is 1. The molecule has 3 aromatic rings. The molecule has 0 spiro atoms. The van der Waals surface area contributed by atoms with Gasteiger partial charge in [0.1, 0.15) is 6.04 Å². The van der Waals surface area contributed by atoms with Crippen LogP contribution in [0, 0.1) is 0 Å². The van der Waals surface area contributed by atoms with Crippen molar-refractivity contribution in [1.29, 1.82) is 0 Å². The Kier molecular flexibility index (Phi) is 4.48. The normalized spacial score (nSPS) is 17.2. The largest absolute Gasteiger partial charge is 0.381 e. The van der Waals surface area contributed by atoms with Gasteiger partial charge in [0.25, 0.3) is 0 Å². The second-order valence-corrected chi connectivity index (χ2v) is 6.25. The van der Waals surface area contributed by atoms with Crippen molar-refractivity contribution in [3.8, 4) is 11.4 Å². The zero-order valence-corrected chi connectivity index (χ0v) is 14.1. The zero-order valence-electron chi connectivity index (χ0n) is 14.1. The van der Waals surface area contributed by atoms with Gasteiger partial charge in [-0.05, 0) is 18.9 Å². The van der Waals surface area contributed by atoms with Crippen molar-refractivity contribution < 1.29 is 14.0 Å². The van der Waals surface area contributed by atoms with Crippen LogP contribution in [0.4, 0.5) is 0 Å². The fraction of sp³-hybridized carbons (Fsp3) is 0.471. The molecule has 0 radical (unpaired) electrons. The molecule has 1 fully saturated rings. The van der Waals surface area contributed by atoms with Gasteiger partial charge < -0.3 is 19.7 Å². The third-order valence-electron chi connectivity index (χ3n) is 4.45. The molecule has 0 aliphatic carbocycles. The smallest absolute Gasteiger partial charge is 0.246 e. The van der Waals surface area contributed by atoms with E-state index in [1.165, 1.54) is 0 Å². The quantitative estimate of drug-likeness (QED) is 0.754. The first-order chi connectivity index (χ1) is 12.2. The van der Waals surface area contributed by atoms with Gasteiger partial charge in [-0.1, -0.05) is 17.3 Å². The van der Waals surface area contributed by atoms with Crippen LogP contribution in [0.25, 0.3) is 22.3 Å². The number of hydrogen-bond acceptors (Lipinski definition) is 7. The van der Waals surface area contributed by atoms with Crippen LogP contribution in [-0.2, 0) is 16.5 Å². The average Bonchev–Trinajstić information content (AvgIpc) is 3.28. The molecular formula is C17H21N5O3. The minimum Gasteiger partial charge on any atom is -0.381 e. The summed E-state index contributed by atoms with van der Waals surface area (Å²) in [4.78, 5) is 4.43. The Morgan fingerprint density at radius 1 is 1.36 bits per heavy atom. The SMILES string of the molecule is Cn1ncc2ccc(-c3noc([C@@H](N)COC4CCOCC4)n3)cc21. The van der Waals surface area contributed by atoms with Crippen LogP contribution >= 0.6 is 0 Å². The number of nitrogens with zero attached hydrogens (tertiary/aromatic N) is 4. The minimum absolute atomic E-state index is 0.189. The Morgan fingerprint density at radius 3 is 3.04 bits per heavy atom. The van der Waals surface area contributed by atoms with Gasteiger partial charge in [0.05, 0.1) is 24.4 Å². The molecule has 0 bridgehead atoms. The van der Waals surface area contributed by atoms with Crippen LogP contribution in [0.5, 0.6) is 0 Å². The fourth-order valence-corrected chi connectivity index (χ4v) is 2.94. The molecule has 1 aliphatic heterocycles. The first-order valence-electron chi connectivity index (χ1n) is 8.41. The molecule has 0 amide bonds. The van der Waals surface area contributed by atoms with Crippen molar-refractivity contribution in [3.05, 3.63) is 30.3 Å². The summed E-state index contributed by atoms with van der Waals surface area (Å²) < 4.78 is 18.3. The topological polar surface area (TPSA) is 101 Å². The van der Waals surface area contributed by atoms with Crippen molar-refractivity contribution in [3.63, 3.8) is 0 Å². The first-order valence-corrected chi connectivity index (χ1v) is 8.41. The van der Waals surface area contributed by atoms with E-state index in [1.54, 1.807) is 0 Å². The molecule has 1 atom stereocenters. The highest BCUT2D eigenvalue weighted by Gasteiger charge is 2.20. The summed E-state index contributed by atoms with van der Waals surface area (Å²) in [6, 6.07) is 5.48. The lowest BCUT2D eigenvalue weighted by atomic mass is 10.1. The predicted octanol–water partition coefficient (Wildman–Crippen LogP) is 1.82. The van der Waals surface area contributed by atoms with E-state index in [1.807, 2.05) is 36.1 Å². The van der Waals surface area contributed by atoms with E-state index >= 15 is 0 Å². The molecule has 0 saturated carbocycles. The molecule has 8 nitrogen and oxygen atoms in total. The standard InChI is InChI=1S/C17H21N5O3/c1-22-15-8-11(2-3-12(15)9-19-22)16-20-17(25-21-16)14(18)10-24-13-4-6-23-7-5-13/h2-3,8-9,13-14H,4-7,10,18H2,1H3/t14-/m0/s1. The number of benzene rings is 1. The van der Waals surface area contributed by atoms with Gasteiger partial charge in [0, 0.05) is 31.2 Å². The Labute approximate surface area is 144 Å². The number of ether oxygens (including phenoxy) is 2. The van der Waals surface area contributed by atoms with E-state index in [2.05, 4.69) is 15.2 Å². The van der Waals surface area contributed by atoms with Crippen molar-refractivity contribution in [2.45, 2.75) is 25.0 Å². The lowest BCUT2D eigenvalue weighted by Crippen LogP contribution is -2.27. The van der Waals surface area contributed by atoms with E-state index in [0.29, 0.717) is 18.3 Å². The predicted molar refractivity (Wildman–Crippen MR) is 90.7 cm³/mol. The third-order valence-corrected chi connectivity index (χ3v) is 4.45. The van der Waals surface area contributed by atoms with Crippen LogP contribution in [0.15, 0.2) is 28.9 Å². The fourth-order valence-electron chi connectivity index (χ4n) is 2.94. The van der Waals surface area contributed by atoms with E-state index in [-0.39, 0.29) is 6.10 Å². The second-order valence-electron chi connectivity index (χ2n) is 6.25. The summed E-state index contributed by atoms with van der Waals surface area (Å²) in [5, 5.41) is 9.36. The molecule has 0 unspecified atom stereocenters. The maximum Gasteiger partial charge on any atom is 0.246 e. The first kappa shape index (κ1) is 16.2. The van der Waals surface area contributed by atoms with Crippen molar-refractivity contribution in [2.24, 2.45) is 12.8 Å². The summed E-state index contributed by atoms with van der Waals surface area (Å²) in [6.45, 7) is 1.83. The molecule has 2 N–H and O–H groups in total. The number of aryl methyl sites for hydroxylation is 1. The molecule has 132 valence electrons. The highest BCUT2D eigenvalue weighted by Crippen LogP contribution is 2.23. The molecule has 1 aliphatic rings. The van der Waals surface area contributed by atoms with Crippen molar-refractivity contribution in [2.75, 3.05) is 19.8 Å². The van der Waals surface area contributed by atoms with Crippen LogP contribution in [-0.4, -0.2) is 45.8 Å². The van der Waals surface area contributed by atoms with E-state index in [9.17, 15) is 0 Å². The summed E-state index contributed by atoms with van der Waals surface area (Å²) in [5.41, 5.74) is 8.01. The van der Waals surface area contributed by atoms with E-state index < -0.39 is 6.04 Å². The van der Waals surface area contributed by atoms with E-state index in [4.69, 9.17) is 19.7 Å². The molecule has 1 saturated heterocycles. The van der Waals surface area contributed by atoms with Crippen LogP contribution in [0.3, 0.4) is 0 Å². The van der Waals surface area contributed by atoms with Crippen molar-refractivity contribution >= 4 is 10.9 Å². The number of rotatable bonds is 5. The third kappa shape index (κ3) is 3.41. The molecule has 2 aromatic heterocycles. The Bertz CT molecular complexity index is 853. The summed E-state index contributed by atoms with van der Waals surface area (Å²) in [6.07, 6.45) is 3.80. The summed E-state index contributed by atoms with van der Waals surface area (Å²) >= 11 is 0. The van der Waals surface area contributed by atoms with Gasteiger partial charge in [-0.25, -0.2) is 0 Å². The lowest BCUT2D eigenvalue weighted by molar-refractivity contribution is -0.0375. The van der Waals surface area contributed by atoms with Gasteiger partial charge in [-0.3, -0.25) is 4.68 Å². The molecule has 8 heteroatoms. The maximum atomic E-state index is 6.14. The highest BCUT2D eigenvalue weighted by molar-refractivity contribution is 5.83. The number of fused-ring (bicyclic) bond motifs is 1. The Balaban J connectivity index is 1.45. The molecule has 4 rings (SSSR count). The lowest BCUT2D eigenvalue weighted by Gasteiger charge is -2.23. The van der Waals surface area contributed by atoms with Gasteiger partial charge in [0.15, 0.2) is 0 Å². The minimum atomic E-state index is -0.440. The monoisotopic (exact) mass is 343 g/mol. The van der Waals surface area contributed by atoms with Gasteiger partial charge in [-0.2, -0.15) is 10.1 Å². The number of aromatic nitrogens is 4. The van der Waals surface area contributed by atoms with Gasteiger partial charge in [-0.15, -0.1) is 0 Å². The van der Waals surface area contributed by atoms with Crippen molar-refractivity contribution in [1.82, 2.24) is 19.9 Å². The maximum absolute atomic E-state index is 6.14. The number of hydrogen-bond donors (Lipinski definition) is 1. The highest BCUT2D eigenvalue weighted by atomic mass is 16.5. The molecule has 1 aromatic carbocycles. The molecule has 3 heterocycles. The van der Waals surface area contributed by atoms with Crippen LogP contribution < -0.4 is 5.73 Å². The molecule has 25 heavy (non-hydrogen) atoms. The average molecular weight is 343 g/mol. The van der Waals surface area contributed by atoms with Gasteiger partial charge in [0.2, 0.25) is 11.7 Å². The van der Waals surface area contributed by atoms with Gasteiger partial charge >= 0.3 is 0 Å². The summed E-state index contributed by atoms with van der Waals surface area (Å²) in [5.74, 6) is 0.895. The van der Waals surface area contributed by atoms with E-state index in [0.717, 1.165) is 42.5 Å². The second kappa shape index (κ2) is 6.91. The van der Waals surface area contributed by atoms with Crippen LogP contribution in [0.2, 0.25) is 0 Å².